The molecule has 1 aromatic carbocycles. The highest BCUT2D eigenvalue weighted by Gasteiger charge is 2.28. The first-order valence-corrected chi connectivity index (χ1v) is 8.66. The lowest BCUT2D eigenvalue weighted by molar-refractivity contribution is 0.0902. The third-order valence-electron chi connectivity index (χ3n) is 3.99. The Balaban J connectivity index is 2.04. The molecule has 0 aromatic heterocycles. The SMILES string of the molecule is CC1(C)CCCC(NC(=O)c2ccc(S(N)(=O)=O)cc2)C1. The van der Waals surface area contributed by atoms with Crippen molar-refractivity contribution >= 4 is 15.9 Å². The fourth-order valence-corrected chi connectivity index (χ4v) is 3.40. The summed E-state index contributed by atoms with van der Waals surface area (Å²) in [5, 5.41) is 8.06. The summed E-state index contributed by atoms with van der Waals surface area (Å²) in [5.74, 6) is -0.168. The summed E-state index contributed by atoms with van der Waals surface area (Å²) in [5.41, 5.74) is 0.707. The van der Waals surface area contributed by atoms with Crippen LogP contribution in [0.3, 0.4) is 0 Å². The zero-order chi connectivity index (χ0) is 15.7. The van der Waals surface area contributed by atoms with Crippen LogP contribution in [0.4, 0.5) is 0 Å². The Bertz CT molecular complexity index is 621. The van der Waals surface area contributed by atoms with E-state index in [4.69, 9.17) is 5.14 Å². The van der Waals surface area contributed by atoms with Crippen molar-refractivity contribution in [3.8, 4) is 0 Å². The van der Waals surface area contributed by atoms with Gasteiger partial charge >= 0.3 is 0 Å². The molecule has 0 bridgehead atoms. The van der Waals surface area contributed by atoms with Gasteiger partial charge in [0.25, 0.3) is 5.91 Å². The van der Waals surface area contributed by atoms with Crippen LogP contribution in [-0.4, -0.2) is 20.4 Å². The second-order valence-electron chi connectivity index (χ2n) is 6.50. The zero-order valence-electron chi connectivity index (χ0n) is 12.4. The zero-order valence-corrected chi connectivity index (χ0v) is 13.2. The molecule has 0 spiro atoms. The predicted octanol–water partition coefficient (Wildman–Crippen LogP) is 2.03. The van der Waals surface area contributed by atoms with Crippen molar-refractivity contribution in [1.29, 1.82) is 0 Å². The molecule has 1 unspecified atom stereocenters. The van der Waals surface area contributed by atoms with E-state index in [1.807, 2.05) is 0 Å². The van der Waals surface area contributed by atoms with Gasteiger partial charge in [0, 0.05) is 11.6 Å². The smallest absolute Gasteiger partial charge is 0.251 e. The van der Waals surface area contributed by atoms with Gasteiger partial charge in [-0.15, -0.1) is 0 Å². The van der Waals surface area contributed by atoms with Gasteiger partial charge in [-0.25, -0.2) is 13.6 Å². The number of hydrogen-bond acceptors (Lipinski definition) is 3. The van der Waals surface area contributed by atoms with Gasteiger partial charge in [-0.1, -0.05) is 20.3 Å². The molecule has 1 aliphatic rings. The van der Waals surface area contributed by atoms with Crippen molar-refractivity contribution in [3.63, 3.8) is 0 Å². The summed E-state index contributed by atoms with van der Waals surface area (Å²) in [4.78, 5) is 12.2. The Morgan fingerprint density at radius 2 is 1.90 bits per heavy atom. The van der Waals surface area contributed by atoms with Crippen molar-refractivity contribution in [2.45, 2.75) is 50.5 Å². The van der Waals surface area contributed by atoms with E-state index >= 15 is 0 Å². The van der Waals surface area contributed by atoms with Crippen molar-refractivity contribution in [2.75, 3.05) is 0 Å². The molecular weight excluding hydrogens is 288 g/mol. The van der Waals surface area contributed by atoms with E-state index in [1.165, 1.54) is 30.7 Å². The minimum atomic E-state index is -3.72. The molecule has 3 N–H and O–H groups in total. The molecule has 1 amide bonds. The molecule has 1 saturated carbocycles. The van der Waals surface area contributed by atoms with E-state index in [0.717, 1.165) is 19.3 Å². The topological polar surface area (TPSA) is 89.3 Å². The number of nitrogens with one attached hydrogen (secondary N) is 1. The van der Waals surface area contributed by atoms with E-state index in [2.05, 4.69) is 19.2 Å². The molecule has 5 nitrogen and oxygen atoms in total. The van der Waals surface area contributed by atoms with Gasteiger partial charge in [0.05, 0.1) is 4.90 Å². The number of benzene rings is 1. The number of primary sulfonamides is 1. The molecule has 6 heteroatoms. The second-order valence-corrected chi connectivity index (χ2v) is 8.06. The summed E-state index contributed by atoms with van der Waals surface area (Å²) < 4.78 is 22.4. The molecular formula is C15H22N2O3S. The predicted molar refractivity (Wildman–Crippen MR) is 81.3 cm³/mol. The first kappa shape index (κ1) is 16.0. The fourth-order valence-electron chi connectivity index (χ4n) is 2.89. The molecule has 0 aliphatic heterocycles. The largest absolute Gasteiger partial charge is 0.349 e. The highest BCUT2D eigenvalue weighted by molar-refractivity contribution is 7.89. The lowest BCUT2D eigenvalue weighted by Gasteiger charge is -2.35. The maximum Gasteiger partial charge on any atom is 0.251 e. The van der Waals surface area contributed by atoms with E-state index < -0.39 is 10.0 Å². The minimum absolute atomic E-state index is 0.0119. The van der Waals surface area contributed by atoms with Crippen molar-refractivity contribution < 1.29 is 13.2 Å². The number of sulfonamides is 1. The molecule has 1 fully saturated rings. The average molecular weight is 310 g/mol. The van der Waals surface area contributed by atoms with E-state index in [9.17, 15) is 13.2 Å². The Labute approximate surface area is 126 Å². The highest BCUT2D eigenvalue weighted by Crippen LogP contribution is 2.35. The van der Waals surface area contributed by atoms with Gasteiger partial charge in [-0.05, 0) is 48.9 Å². The monoisotopic (exact) mass is 310 g/mol. The van der Waals surface area contributed by atoms with Gasteiger partial charge in [0.2, 0.25) is 10.0 Å². The maximum absolute atomic E-state index is 12.2. The minimum Gasteiger partial charge on any atom is -0.349 e. The molecule has 1 atom stereocenters. The van der Waals surface area contributed by atoms with Crippen molar-refractivity contribution in [3.05, 3.63) is 29.8 Å². The Hall–Kier alpha value is -1.40. The Kier molecular flexibility index (Phi) is 4.39. The summed E-state index contributed by atoms with van der Waals surface area (Å²) in [6.45, 7) is 4.43. The third kappa shape index (κ3) is 4.28. The van der Waals surface area contributed by atoms with Crippen molar-refractivity contribution in [2.24, 2.45) is 10.6 Å². The van der Waals surface area contributed by atoms with Crippen LogP contribution in [0.25, 0.3) is 0 Å². The fraction of sp³-hybridized carbons (Fsp3) is 0.533. The van der Waals surface area contributed by atoms with Gasteiger partial charge in [-0.2, -0.15) is 0 Å². The quantitative estimate of drug-likeness (QED) is 0.895. The van der Waals surface area contributed by atoms with E-state index in [0.29, 0.717) is 5.56 Å². The van der Waals surface area contributed by atoms with Crippen LogP contribution in [0.15, 0.2) is 29.2 Å². The normalized spacial score (nSPS) is 21.8. The number of carbonyl (C=O) groups excluding carboxylic acids is 1. The molecule has 2 rings (SSSR count). The average Bonchev–Trinajstić information content (AvgIpc) is 2.36. The summed E-state index contributed by atoms with van der Waals surface area (Å²) in [6.07, 6.45) is 4.25. The third-order valence-corrected chi connectivity index (χ3v) is 4.91. The number of rotatable bonds is 3. The standard InChI is InChI=1S/C15H22N2O3S/c1-15(2)9-3-4-12(10-15)17-14(18)11-5-7-13(8-6-11)21(16,19)20/h5-8,12H,3-4,9-10H2,1-2H3,(H,17,18)(H2,16,19,20). The lowest BCUT2D eigenvalue weighted by Crippen LogP contribution is -2.40. The van der Waals surface area contributed by atoms with Crippen LogP contribution in [0.2, 0.25) is 0 Å². The van der Waals surface area contributed by atoms with Gasteiger partial charge < -0.3 is 5.32 Å². The molecule has 1 aliphatic carbocycles. The number of nitrogens with two attached hydrogens (primary N) is 1. The number of hydrogen-bond donors (Lipinski definition) is 2. The van der Waals surface area contributed by atoms with E-state index in [1.54, 1.807) is 0 Å². The van der Waals surface area contributed by atoms with Crippen LogP contribution in [0, 0.1) is 5.41 Å². The molecule has 0 saturated heterocycles. The molecule has 0 heterocycles. The van der Waals surface area contributed by atoms with Gasteiger partial charge in [-0.3, -0.25) is 4.79 Å². The van der Waals surface area contributed by atoms with Crippen LogP contribution in [-0.2, 0) is 10.0 Å². The van der Waals surface area contributed by atoms with Gasteiger partial charge in [0.1, 0.15) is 0 Å². The maximum atomic E-state index is 12.2. The summed E-state index contributed by atoms with van der Waals surface area (Å²) >= 11 is 0. The first-order chi connectivity index (χ1) is 9.67. The van der Waals surface area contributed by atoms with Crippen LogP contribution >= 0.6 is 0 Å². The molecule has 21 heavy (non-hydrogen) atoms. The van der Waals surface area contributed by atoms with E-state index in [-0.39, 0.29) is 22.3 Å². The Morgan fingerprint density at radius 1 is 1.29 bits per heavy atom. The van der Waals surface area contributed by atoms with Crippen LogP contribution < -0.4 is 10.5 Å². The first-order valence-electron chi connectivity index (χ1n) is 7.11. The second kappa shape index (κ2) is 5.77. The lowest BCUT2D eigenvalue weighted by atomic mass is 9.75. The van der Waals surface area contributed by atoms with Crippen LogP contribution in [0.1, 0.15) is 49.9 Å². The Morgan fingerprint density at radius 3 is 2.43 bits per heavy atom. The number of carbonyl (C=O) groups is 1. The number of amides is 1. The van der Waals surface area contributed by atoms with Crippen LogP contribution in [0.5, 0.6) is 0 Å². The van der Waals surface area contributed by atoms with Crippen molar-refractivity contribution in [1.82, 2.24) is 5.32 Å². The molecule has 116 valence electrons. The molecule has 1 aromatic rings. The highest BCUT2D eigenvalue weighted by atomic mass is 32.2. The summed E-state index contributed by atoms with van der Waals surface area (Å²) in [7, 11) is -3.72. The summed E-state index contributed by atoms with van der Waals surface area (Å²) in [6, 6.07) is 5.87. The van der Waals surface area contributed by atoms with Gasteiger partial charge in [0.15, 0.2) is 0 Å². The molecule has 0 radical (unpaired) electrons.